The number of ether oxygens (including phenoxy) is 1. The summed E-state index contributed by atoms with van der Waals surface area (Å²) in [6.45, 7) is 1.86. The van der Waals surface area contributed by atoms with E-state index in [-0.39, 0.29) is 18.2 Å². The smallest absolute Gasteiger partial charge is 0.334 e. The lowest BCUT2D eigenvalue weighted by Gasteiger charge is -2.52. The molecule has 0 bridgehead atoms. The number of hydrogen-bond acceptors (Lipinski definition) is 8. The minimum Gasteiger partial charge on any atom is -0.451 e. The molecule has 1 N–H and O–H groups in total. The number of allylic oxidation sites excluding steroid dienone is 1. The molecule has 2 unspecified atom stereocenters. The summed E-state index contributed by atoms with van der Waals surface area (Å²) in [6, 6.07) is 20.9. The molecule has 2 aromatic carbocycles. The highest BCUT2D eigenvalue weighted by atomic mass is 32.2. The average Bonchev–Trinajstić information content (AvgIpc) is 3.47. The molecule has 2 aliphatic heterocycles. The summed E-state index contributed by atoms with van der Waals surface area (Å²) >= 11 is 2.89. The van der Waals surface area contributed by atoms with Crippen LogP contribution in [0.15, 0.2) is 93.8 Å². The Labute approximate surface area is 234 Å². The second kappa shape index (κ2) is 11.9. The Bertz CT molecular complexity index is 1350. The number of amides is 2. The van der Waals surface area contributed by atoms with Gasteiger partial charge in [-0.25, -0.2) is 4.79 Å². The quantitative estimate of drug-likeness (QED) is 0.181. The highest BCUT2D eigenvalue weighted by Gasteiger charge is 2.57. The van der Waals surface area contributed by atoms with Gasteiger partial charge in [-0.3, -0.25) is 9.59 Å². The van der Waals surface area contributed by atoms with Crippen LogP contribution in [0.3, 0.4) is 0 Å². The molecular weight excluding hydrogens is 534 g/mol. The maximum atomic E-state index is 13.9. The molecule has 3 heterocycles. The SMILES string of the molecule is CO/N=C/C1=C(C)S[C@@H]2C(NC(=O)Cc3cccs3)C(=O)N2C1C(=O)OC(c1ccccc1)c1ccccc1. The van der Waals surface area contributed by atoms with Crippen molar-refractivity contribution in [3.8, 4) is 0 Å². The van der Waals surface area contributed by atoms with Gasteiger partial charge in [0.05, 0.1) is 12.6 Å². The van der Waals surface area contributed by atoms with E-state index in [1.165, 1.54) is 41.3 Å². The van der Waals surface area contributed by atoms with Gasteiger partial charge in [0.2, 0.25) is 11.8 Å². The molecule has 8 nitrogen and oxygen atoms in total. The van der Waals surface area contributed by atoms with Gasteiger partial charge in [-0.05, 0) is 34.4 Å². The van der Waals surface area contributed by atoms with Crippen molar-refractivity contribution in [1.29, 1.82) is 0 Å². The maximum absolute atomic E-state index is 13.9. The van der Waals surface area contributed by atoms with Gasteiger partial charge >= 0.3 is 5.97 Å². The Kier molecular flexibility index (Phi) is 8.13. The normalized spacial score (nSPS) is 20.5. The van der Waals surface area contributed by atoms with Crippen molar-refractivity contribution in [2.75, 3.05) is 7.11 Å². The fraction of sp³-hybridized carbons (Fsp3) is 0.241. The topological polar surface area (TPSA) is 97.3 Å². The number of nitrogens with one attached hydrogen (secondary N) is 1. The molecule has 200 valence electrons. The fourth-order valence-corrected chi connectivity index (χ4v) is 6.71. The second-order valence-corrected chi connectivity index (χ2v) is 11.4. The first-order valence-corrected chi connectivity index (χ1v) is 14.1. The Hall–Kier alpha value is -3.89. The molecule has 39 heavy (non-hydrogen) atoms. The molecule has 2 aliphatic rings. The van der Waals surface area contributed by atoms with Gasteiger partial charge in [0, 0.05) is 10.5 Å². The highest BCUT2D eigenvalue weighted by molar-refractivity contribution is 8.03. The predicted molar refractivity (Wildman–Crippen MR) is 151 cm³/mol. The zero-order valence-corrected chi connectivity index (χ0v) is 23.0. The molecule has 3 aromatic rings. The third kappa shape index (κ3) is 5.62. The molecule has 3 atom stereocenters. The molecule has 0 aliphatic carbocycles. The van der Waals surface area contributed by atoms with Gasteiger partial charge < -0.3 is 19.8 Å². The summed E-state index contributed by atoms with van der Waals surface area (Å²) in [6.07, 6.45) is 0.966. The molecule has 1 fully saturated rings. The molecule has 1 saturated heterocycles. The summed E-state index contributed by atoms with van der Waals surface area (Å²) in [7, 11) is 1.41. The number of hydrogen-bond donors (Lipinski definition) is 1. The van der Waals surface area contributed by atoms with E-state index in [0.29, 0.717) is 5.57 Å². The van der Waals surface area contributed by atoms with Gasteiger partial charge in [0.1, 0.15) is 18.5 Å². The molecule has 2 amide bonds. The van der Waals surface area contributed by atoms with Crippen LogP contribution in [0.5, 0.6) is 0 Å². The van der Waals surface area contributed by atoms with Crippen LogP contribution in [0.4, 0.5) is 0 Å². The van der Waals surface area contributed by atoms with E-state index in [4.69, 9.17) is 9.57 Å². The summed E-state index contributed by atoms with van der Waals surface area (Å²) in [5, 5.41) is 8.19. The van der Waals surface area contributed by atoms with Crippen LogP contribution in [0.1, 0.15) is 29.0 Å². The largest absolute Gasteiger partial charge is 0.451 e. The van der Waals surface area contributed by atoms with E-state index >= 15 is 0 Å². The van der Waals surface area contributed by atoms with Crippen LogP contribution >= 0.6 is 23.1 Å². The Morgan fingerprint density at radius 3 is 2.31 bits per heavy atom. The van der Waals surface area contributed by atoms with Crippen molar-refractivity contribution in [3.63, 3.8) is 0 Å². The van der Waals surface area contributed by atoms with Crippen LogP contribution in [0.25, 0.3) is 0 Å². The molecule has 0 radical (unpaired) electrons. The van der Waals surface area contributed by atoms with Gasteiger partial charge in [0.15, 0.2) is 12.1 Å². The lowest BCUT2D eigenvalue weighted by atomic mass is 9.96. The van der Waals surface area contributed by atoms with Crippen LogP contribution < -0.4 is 5.32 Å². The van der Waals surface area contributed by atoms with Gasteiger partial charge in [-0.2, -0.15) is 0 Å². The number of fused-ring (bicyclic) bond motifs is 1. The number of thiophene rings is 1. The minimum atomic E-state index is -1.04. The molecule has 1 aromatic heterocycles. The van der Waals surface area contributed by atoms with E-state index in [1.807, 2.05) is 85.1 Å². The van der Waals surface area contributed by atoms with Crippen molar-refractivity contribution < 1.29 is 24.0 Å². The van der Waals surface area contributed by atoms with E-state index in [0.717, 1.165) is 20.9 Å². The van der Waals surface area contributed by atoms with Crippen LogP contribution in [-0.4, -0.2) is 53.5 Å². The van der Waals surface area contributed by atoms with Crippen molar-refractivity contribution >= 4 is 47.1 Å². The third-order valence-corrected chi connectivity index (χ3v) is 8.75. The Morgan fingerprint density at radius 2 is 1.72 bits per heavy atom. The Balaban J connectivity index is 1.42. The monoisotopic (exact) mass is 561 g/mol. The number of carbonyl (C=O) groups is 3. The number of β-lactam (4-membered cyclic amide) rings is 1. The fourth-order valence-electron chi connectivity index (χ4n) is 4.68. The van der Waals surface area contributed by atoms with Crippen LogP contribution in [0.2, 0.25) is 0 Å². The summed E-state index contributed by atoms with van der Waals surface area (Å²) in [5.41, 5.74) is 2.13. The molecular formula is C29H27N3O5S2. The standard InChI is InChI=1S/C29H27N3O5S2/c1-18-22(17-30-36-2)25(29(35)37-26(19-10-5-3-6-11-19)20-12-7-4-8-13-20)32-27(34)24(28(32)39-18)31-23(33)16-21-14-9-15-38-21/h3-15,17,24-26,28H,16H2,1-2H3,(H,31,33)/b30-17+/t24?,25?,28-/m1/s1. The molecule has 5 rings (SSSR count). The number of rotatable bonds is 9. The first kappa shape index (κ1) is 26.7. The summed E-state index contributed by atoms with van der Waals surface area (Å²) in [5.74, 6) is -1.18. The summed E-state index contributed by atoms with van der Waals surface area (Å²) < 4.78 is 6.14. The first-order valence-electron chi connectivity index (χ1n) is 12.4. The third-order valence-electron chi connectivity index (χ3n) is 6.55. The summed E-state index contributed by atoms with van der Waals surface area (Å²) in [4.78, 5) is 48.0. The van der Waals surface area contributed by atoms with Gasteiger partial charge in [-0.1, -0.05) is 71.9 Å². The molecule has 10 heteroatoms. The van der Waals surface area contributed by atoms with E-state index < -0.39 is 29.5 Å². The lowest BCUT2D eigenvalue weighted by molar-refractivity contribution is -0.165. The van der Waals surface area contributed by atoms with Gasteiger partial charge in [0.25, 0.3) is 0 Å². The van der Waals surface area contributed by atoms with Crippen molar-refractivity contribution in [2.45, 2.75) is 36.9 Å². The van der Waals surface area contributed by atoms with E-state index in [9.17, 15) is 14.4 Å². The first-order chi connectivity index (χ1) is 19.0. The number of benzene rings is 2. The highest BCUT2D eigenvalue weighted by Crippen LogP contribution is 2.44. The number of carbonyl (C=O) groups excluding carboxylic acids is 3. The van der Waals surface area contributed by atoms with Crippen LogP contribution in [0, 0.1) is 0 Å². The average molecular weight is 562 g/mol. The number of oxime groups is 1. The zero-order valence-electron chi connectivity index (χ0n) is 21.4. The van der Waals surface area contributed by atoms with E-state index in [2.05, 4.69) is 10.5 Å². The van der Waals surface area contributed by atoms with Crippen molar-refractivity contribution in [2.24, 2.45) is 5.16 Å². The number of esters is 1. The van der Waals surface area contributed by atoms with Crippen molar-refractivity contribution in [1.82, 2.24) is 10.2 Å². The van der Waals surface area contributed by atoms with Gasteiger partial charge in [-0.15, -0.1) is 23.1 Å². The zero-order chi connectivity index (χ0) is 27.4. The predicted octanol–water partition coefficient (Wildman–Crippen LogP) is 4.30. The second-order valence-electron chi connectivity index (χ2n) is 9.02. The maximum Gasteiger partial charge on any atom is 0.334 e. The minimum absolute atomic E-state index is 0.195. The van der Waals surface area contributed by atoms with E-state index in [1.54, 1.807) is 0 Å². The molecule has 0 saturated carbocycles. The van der Waals surface area contributed by atoms with Crippen LogP contribution in [-0.2, 0) is 30.4 Å². The van der Waals surface area contributed by atoms with Crippen molar-refractivity contribution in [3.05, 3.63) is 105 Å². The molecule has 0 spiro atoms. The lowest BCUT2D eigenvalue weighted by Crippen LogP contribution is -2.74. The number of thioether (sulfide) groups is 1. The number of nitrogens with zero attached hydrogens (tertiary/aromatic N) is 2. The Morgan fingerprint density at radius 1 is 1.05 bits per heavy atom.